The lowest BCUT2D eigenvalue weighted by Gasteiger charge is -2.47. The molecular weight excluding hydrogens is 342 g/mol. The third kappa shape index (κ3) is 3.39. The summed E-state index contributed by atoms with van der Waals surface area (Å²) in [5.41, 5.74) is 2.52. The van der Waals surface area contributed by atoms with Crippen LogP contribution in [0.4, 0.5) is 0 Å². The van der Waals surface area contributed by atoms with E-state index < -0.39 is 0 Å². The second-order valence-corrected chi connectivity index (χ2v) is 8.27. The number of fused-ring (bicyclic) bond motifs is 1. The summed E-state index contributed by atoms with van der Waals surface area (Å²) in [5.74, 6) is 0.405. The maximum Gasteiger partial charge on any atom is 0.289 e. The molecule has 2 atom stereocenters. The summed E-state index contributed by atoms with van der Waals surface area (Å²) in [5, 5.41) is 11.2. The molecule has 1 N–H and O–H groups in total. The summed E-state index contributed by atoms with van der Waals surface area (Å²) in [4.78, 5) is 14.9. The first-order chi connectivity index (χ1) is 12.9. The summed E-state index contributed by atoms with van der Waals surface area (Å²) in [6.07, 6.45) is 3.67. The van der Waals surface area contributed by atoms with Gasteiger partial charge in [0.25, 0.3) is 5.91 Å². The van der Waals surface area contributed by atoms with Crippen LogP contribution in [0.5, 0.6) is 0 Å². The first-order valence-corrected chi connectivity index (χ1v) is 10.1. The van der Waals surface area contributed by atoms with Crippen molar-refractivity contribution in [1.82, 2.24) is 4.90 Å². The highest BCUT2D eigenvalue weighted by Gasteiger charge is 2.44. The summed E-state index contributed by atoms with van der Waals surface area (Å²) in [6, 6.07) is 6.04. The highest BCUT2D eigenvalue weighted by atomic mass is 16.5. The number of rotatable bonds is 2. The number of likely N-dealkylation sites (tertiary alicyclic amines) is 1. The number of hydrogen-bond acceptors (Lipinski definition) is 4. The Labute approximate surface area is 160 Å². The molecule has 5 nitrogen and oxygen atoms in total. The number of carbonyl (C=O) groups is 1. The molecule has 1 spiro atoms. The average Bonchev–Trinajstić information content (AvgIpc) is 2.97. The molecule has 2 saturated heterocycles. The number of amides is 1. The van der Waals surface area contributed by atoms with Gasteiger partial charge in [-0.25, -0.2) is 0 Å². The molecular formula is C22H29NO4. The molecule has 2 aromatic rings. The molecule has 0 aliphatic carbocycles. The molecule has 5 heteroatoms. The van der Waals surface area contributed by atoms with Gasteiger partial charge in [0, 0.05) is 30.5 Å². The van der Waals surface area contributed by atoms with Crippen molar-refractivity contribution in [3.05, 3.63) is 35.1 Å². The van der Waals surface area contributed by atoms with E-state index in [-0.39, 0.29) is 23.7 Å². The van der Waals surface area contributed by atoms with Crippen molar-refractivity contribution in [2.24, 2.45) is 0 Å². The number of furan rings is 1. The van der Waals surface area contributed by atoms with Gasteiger partial charge in [-0.2, -0.15) is 0 Å². The summed E-state index contributed by atoms with van der Waals surface area (Å²) >= 11 is 0. The van der Waals surface area contributed by atoms with Gasteiger partial charge in [-0.15, -0.1) is 0 Å². The lowest BCUT2D eigenvalue weighted by Crippen LogP contribution is -2.53. The van der Waals surface area contributed by atoms with Crippen LogP contribution < -0.4 is 0 Å². The summed E-state index contributed by atoms with van der Waals surface area (Å²) in [6.45, 7) is 7.34. The Morgan fingerprint density at radius 3 is 2.74 bits per heavy atom. The molecule has 3 heterocycles. The quantitative estimate of drug-likeness (QED) is 0.867. The van der Waals surface area contributed by atoms with E-state index in [4.69, 9.17) is 9.15 Å². The van der Waals surface area contributed by atoms with Crippen LogP contribution in [0, 0.1) is 13.8 Å². The molecule has 146 valence electrons. The van der Waals surface area contributed by atoms with Crippen LogP contribution >= 0.6 is 0 Å². The molecule has 4 rings (SSSR count). The lowest BCUT2D eigenvalue weighted by molar-refractivity contribution is -0.179. The Balaban J connectivity index is 1.50. The molecule has 2 aliphatic heterocycles. The fourth-order valence-electron chi connectivity index (χ4n) is 4.64. The summed E-state index contributed by atoms with van der Waals surface area (Å²) < 4.78 is 12.3. The Kier molecular flexibility index (Phi) is 4.77. The van der Waals surface area contributed by atoms with E-state index in [1.807, 2.05) is 36.9 Å². The second-order valence-electron chi connectivity index (χ2n) is 8.27. The molecule has 1 aromatic heterocycles. The van der Waals surface area contributed by atoms with E-state index in [1.54, 1.807) is 0 Å². The number of benzene rings is 1. The fourth-order valence-corrected chi connectivity index (χ4v) is 4.64. The van der Waals surface area contributed by atoms with Crippen LogP contribution in [-0.4, -0.2) is 46.8 Å². The zero-order valence-corrected chi connectivity index (χ0v) is 16.5. The van der Waals surface area contributed by atoms with Crippen LogP contribution in [0.15, 0.2) is 22.6 Å². The Hall–Kier alpha value is -1.85. The van der Waals surface area contributed by atoms with Gasteiger partial charge in [-0.3, -0.25) is 4.79 Å². The summed E-state index contributed by atoms with van der Waals surface area (Å²) in [7, 11) is 0. The highest BCUT2D eigenvalue weighted by Crippen LogP contribution is 2.39. The van der Waals surface area contributed by atoms with Gasteiger partial charge < -0.3 is 19.2 Å². The molecule has 0 bridgehead atoms. The number of aryl methyl sites for hydroxylation is 2. The fraction of sp³-hybridized carbons (Fsp3) is 0.591. The first-order valence-electron chi connectivity index (χ1n) is 10.1. The van der Waals surface area contributed by atoms with Crippen LogP contribution in [0.3, 0.4) is 0 Å². The van der Waals surface area contributed by atoms with E-state index in [9.17, 15) is 9.90 Å². The van der Waals surface area contributed by atoms with Gasteiger partial charge in [0.1, 0.15) is 5.58 Å². The molecule has 1 amide bonds. The predicted molar refractivity (Wildman–Crippen MR) is 104 cm³/mol. The van der Waals surface area contributed by atoms with Gasteiger partial charge >= 0.3 is 0 Å². The Morgan fingerprint density at radius 2 is 2.04 bits per heavy atom. The number of carbonyl (C=O) groups excluding carboxylic acids is 1. The van der Waals surface area contributed by atoms with Crippen molar-refractivity contribution >= 4 is 16.9 Å². The normalized spacial score (nSPS) is 25.3. The topological polar surface area (TPSA) is 62.9 Å². The molecule has 2 aliphatic rings. The van der Waals surface area contributed by atoms with Crippen molar-refractivity contribution in [3.63, 3.8) is 0 Å². The zero-order valence-electron chi connectivity index (χ0n) is 16.5. The van der Waals surface area contributed by atoms with E-state index in [2.05, 4.69) is 6.92 Å². The zero-order chi connectivity index (χ0) is 19.2. The third-order valence-electron chi connectivity index (χ3n) is 6.26. The number of aliphatic hydroxyl groups is 1. The number of nitrogens with zero attached hydrogens (tertiary/aromatic N) is 1. The molecule has 0 saturated carbocycles. The molecule has 0 unspecified atom stereocenters. The van der Waals surface area contributed by atoms with Gasteiger partial charge in [0.2, 0.25) is 0 Å². The van der Waals surface area contributed by atoms with E-state index in [0.717, 1.165) is 47.8 Å². The average molecular weight is 371 g/mol. The van der Waals surface area contributed by atoms with Gasteiger partial charge in [0.05, 0.1) is 17.8 Å². The van der Waals surface area contributed by atoms with Crippen LogP contribution in [0.1, 0.15) is 60.7 Å². The maximum absolute atomic E-state index is 13.1. The predicted octanol–water partition coefficient (Wildman–Crippen LogP) is 3.97. The van der Waals surface area contributed by atoms with Gasteiger partial charge in [-0.1, -0.05) is 19.1 Å². The Morgan fingerprint density at radius 1 is 1.30 bits per heavy atom. The van der Waals surface area contributed by atoms with Crippen molar-refractivity contribution in [3.8, 4) is 0 Å². The molecule has 27 heavy (non-hydrogen) atoms. The lowest BCUT2D eigenvalue weighted by atomic mass is 9.81. The first kappa shape index (κ1) is 18.5. The number of aliphatic hydroxyl groups excluding tert-OH is 1. The minimum atomic E-state index is -0.299. The van der Waals surface area contributed by atoms with Crippen molar-refractivity contribution < 1.29 is 19.1 Å². The van der Waals surface area contributed by atoms with E-state index >= 15 is 0 Å². The number of piperidine rings is 1. The van der Waals surface area contributed by atoms with E-state index in [0.29, 0.717) is 25.3 Å². The van der Waals surface area contributed by atoms with Crippen LogP contribution in [0.2, 0.25) is 0 Å². The minimum Gasteiger partial charge on any atom is -0.451 e. The largest absolute Gasteiger partial charge is 0.451 e. The smallest absolute Gasteiger partial charge is 0.289 e. The standard InChI is InChI=1S/C22H29NO4/c1-4-17-12-16(24)13-22(27-17)7-9-23(10-8-22)21(25)20-15(3)18-6-5-14(2)11-19(18)26-20/h5-6,11,16-17,24H,4,7-10,12-13H2,1-3H3/t16-,17+/m1/s1. The van der Waals surface area contributed by atoms with Crippen molar-refractivity contribution in [2.75, 3.05) is 13.1 Å². The maximum atomic E-state index is 13.1. The van der Waals surface area contributed by atoms with Gasteiger partial charge in [-0.05, 0) is 51.2 Å². The Bertz CT molecular complexity index is 847. The molecule has 1 aromatic carbocycles. The van der Waals surface area contributed by atoms with Crippen LogP contribution in [-0.2, 0) is 4.74 Å². The van der Waals surface area contributed by atoms with Crippen molar-refractivity contribution in [2.45, 2.75) is 70.7 Å². The second kappa shape index (κ2) is 6.95. The number of ether oxygens (including phenoxy) is 1. The monoisotopic (exact) mass is 371 g/mol. The highest BCUT2D eigenvalue weighted by molar-refractivity contribution is 5.99. The SMILES string of the molecule is CC[C@H]1C[C@@H](O)CC2(CCN(C(=O)c3oc4cc(C)ccc4c3C)CC2)O1. The third-order valence-corrected chi connectivity index (χ3v) is 6.26. The molecule has 0 radical (unpaired) electrons. The van der Waals surface area contributed by atoms with Crippen LogP contribution in [0.25, 0.3) is 11.0 Å². The molecule has 2 fully saturated rings. The number of hydrogen-bond donors (Lipinski definition) is 1. The van der Waals surface area contributed by atoms with E-state index in [1.165, 1.54) is 0 Å². The minimum absolute atomic E-state index is 0.0420. The van der Waals surface area contributed by atoms with Crippen molar-refractivity contribution in [1.29, 1.82) is 0 Å². The van der Waals surface area contributed by atoms with Gasteiger partial charge in [0.15, 0.2) is 5.76 Å².